The van der Waals surface area contributed by atoms with Crippen LogP contribution < -0.4 is 4.74 Å². The van der Waals surface area contributed by atoms with Crippen molar-refractivity contribution < 1.29 is 4.74 Å². The Labute approximate surface area is 208 Å². The van der Waals surface area contributed by atoms with Crippen LogP contribution in [0.25, 0.3) is 11.1 Å². The van der Waals surface area contributed by atoms with E-state index in [4.69, 9.17) is 4.74 Å². The van der Waals surface area contributed by atoms with Crippen molar-refractivity contribution in [2.24, 2.45) is 0 Å². The van der Waals surface area contributed by atoms with Gasteiger partial charge >= 0.3 is 0 Å². The van der Waals surface area contributed by atoms with Gasteiger partial charge < -0.3 is 4.74 Å². The van der Waals surface area contributed by atoms with Crippen molar-refractivity contribution in [2.45, 2.75) is 97.5 Å². The highest BCUT2D eigenvalue weighted by molar-refractivity contribution is 5.64. The van der Waals surface area contributed by atoms with Gasteiger partial charge in [-0.25, -0.2) is 0 Å². The van der Waals surface area contributed by atoms with Gasteiger partial charge in [0, 0.05) is 0 Å². The molecule has 0 unspecified atom stereocenters. The molecule has 0 bridgehead atoms. The van der Waals surface area contributed by atoms with Crippen molar-refractivity contribution in [2.75, 3.05) is 0 Å². The average molecular weight is 457 g/mol. The number of benzene rings is 3. The summed E-state index contributed by atoms with van der Waals surface area (Å²) < 4.78 is 6.03. The van der Waals surface area contributed by atoms with Gasteiger partial charge in [0.15, 0.2) is 0 Å². The SMILES string of the molecule is CCCCCCCCc1ccc(-c2ccc(OCc3ccc(CCCCCC)cc3)cc2)cc1. The van der Waals surface area contributed by atoms with Crippen LogP contribution in [-0.2, 0) is 19.4 Å². The van der Waals surface area contributed by atoms with Gasteiger partial charge in [0.25, 0.3) is 0 Å². The van der Waals surface area contributed by atoms with Crippen molar-refractivity contribution >= 4 is 0 Å². The number of ether oxygens (including phenoxy) is 1. The number of rotatable bonds is 16. The quantitative estimate of drug-likeness (QED) is 0.195. The van der Waals surface area contributed by atoms with Crippen molar-refractivity contribution in [3.05, 3.63) is 89.5 Å². The third-order valence-corrected chi connectivity index (χ3v) is 6.71. The zero-order valence-electron chi connectivity index (χ0n) is 21.5. The van der Waals surface area contributed by atoms with E-state index in [-0.39, 0.29) is 0 Å². The first-order valence-corrected chi connectivity index (χ1v) is 13.7. The Kier molecular flexibility index (Phi) is 11.8. The molecule has 182 valence electrons. The Hall–Kier alpha value is -2.54. The van der Waals surface area contributed by atoms with Crippen LogP contribution in [-0.4, -0.2) is 0 Å². The highest BCUT2D eigenvalue weighted by atomic mass is 16.5. The maximum absolute atomic E-state index is 6.03. The van der Waals surface area contributed by atoms with Gasteiger partial charge in [-0.2, -0.15) is 0 Å². The summed E-state index contributed by atoms with van der Waals surface area (Å²) >= 11 is 0. The minimum absolute atomic E-state index is 0.614. The number of aryl methyl sites for hydroxylation is 2. The molecule has 1 heteroatoms. The molecule has 0 spiro atoms. The van der Waals surface area contributed by atoms with E-state index in [1.165, 1.54) is 105 Å². The number of unbranched alkanes of at least 4 members (excludes halogenated alkanes) is 8. The van der Waals surface area contributed by atoms with E-state index in [9.17, 15) is 0 Å². The third-order valence-electron chi connectivity index (χ3n) is 6.71. The topological polar surface area (TPSA) is 9.23 Å². The fourth-order valence-electron chi connectivity index (χ4n) is 4.44. The standard InChI is InChI=1S/C33H44O/c1-3-5-7-9-10-12-14-29-19-21-31(22-20-29)32-23-25-33(26-24-32)34-27-30-17-15-28(16-18-30)13-11-8-6-4-2/h15-26H,3-14,27H2,1-2H3. The maximum Gasteiger partial charge on any atom is 0.119 e. The normalized spacial score (nSPS) is 11.0. The summed E-state index contributed by atoms with van der Waals surface area (Å²) in [7, 11) is 0. The molecule has 0 saturated carbocycles. The molecule has 0 N–H and O–H groups in total. The summed E-state index contributed by atoms with van der Waals surface area (Å²) in [5, 5.41) is 0. The van der Waals surface area contributed by atoms with E-state index in [0.29, 0.717) is 6.61 Å². The molecule has 0 aliphatic heterocycles. The second-order valence-corrected chi connectivity index (χ2v) is 9.65. The Morgan fingerprint density at radius 3 is 1.41 bits per heavy atom. The molecule has 0 aromatic heterocycles. The second-order valence-electron chi connectivity index (χ2n) is 9.65. The second kappa shape index (κ2) is 15.4. The molecule has 0 heterocycles. The fraction of sp³-hybridized carbons (Fsp3) is 0.455. The molecule has 0 radical (unpaired) electrons. The Morgan fingerprint density at radius 1 is 0.441 bits per heavy atom. The third kappa shape index (κ3) is 9.37. The molecule has 0 aliphatic rings. The van der Waals surface area contributed by atoms with Crippen LogP contribution >= 0.6 is 0 Å². The van der Waals surface area contributed by atoms with Crippen molar-refractivity contribution in [1.82, 2.24) is 0 Å². The molecule has 3 aromatic carbocycles. The molecule has 0 atom stereocenters. The molecule has 1 nitrogen and oxygen atoms in total. The summed E-state index contributed by atoms with van der Waals surface area (Å²) in [5.74, 6) is 0.923. The summed E-state index contributed by atoms with van der Waals surface area (Å²) in [6.07, 6.45) is 15.8. The van der Waals surface area contributed by atoms with Crippen molar-refractivity contribution in [3.63, 3.8) is 0 Å². The Morgan fingerprint density at radius 2 is 0.853 bits per heavy atom. The van der Waals surface area contributed by atoms with Crippen LogP contribution in [0.2, 0.25) is 0 Å². The zero-order chi connectivity index (χ0) is 23.8. The summed E-state index contributed by atoms with van der Waals surface area (Å²) in [5.41, 5.74) is 6.62. The smallest absolute Gasteiger partial charge is 0.119 e. The molecular weight excluding hydrogens is 412 g/mol. The first-order valence-electron chi connectivity index (χ1n) is 13.7. The van der Waals surface area contributed by atoms with Gasteiger partial charge in [-0.15, -0.1) is 0 Å². The molecule has 0 saturated heterocycles. The van der Waals surface area contributed by atoms with Gasteiger partial charge in [0.05, 0.1) is 0 Å². The molecular formula is C33H44O. The van der Waals surface area contributed by atoms with Crippen LogP contribution in [0.4, 0.5) is 0 Å². The van der Waals surface area contributed by atoms with Gasteiger partial charge in [-0.05, 0) is 65.6 Å². The first kappa shape index (κ1) is 26.1. The van der Waals surface area contributed by atoms with Gasteiger partial charge in [0.1, 0.15) is 12.4 Å². The highest BCUT2D eigenvalue weighted by Gasteiger charge is 2.02. The monoisotopic (exact) mass is 456 g/mol. The fourth-order valence-corrected chi connectivity index (χ4v) is 4.44. The average Bonchev–Trinajstić information content (AvgIpc) is 2.89. The Balaban J connectivity index is 1.41. The molecule has 3 aromatic rings. The molecule has 0 fully saturated rings. The van der Waals surface area contributed by atoms with Gasteiger partial charge in [0.2, 0.25) is 0 Å². The van der Waals surface area contributed by atoms with Crippen molar-refractivity contribution in [3.8, 4) is 16.9 Å². The molecule has 0 amide bonds. The van der Waals surface area contributed by atoms with E-state index in [0.717, 1.165) is 5.75 Å². The van der Waals surface area contributed by atoms with Gasteiger partial charge in [-0.3, -0.25) is 0 Å². The predicted octanol–water partition coefficient (Wildman–Crippen LogP) is 9.96. The minimum atomic E-state index is 0.614. The van der Waals surface area contributed by atoms with Crippen molar-refractivity contribution in [1.29, 1.82) is 0 Å². The maximum atomic E-state index is 6.03. The Bertz CT molecular complexity index is 906. The van der Waals surface area contributed by atoms with Crippen LogP contribution in [0.1, 0.15) is 94.7 Å². The zero-order valence-corrected chi connectivity index (χ0v) is 21.5. The lowest BCUT2D eigenvalue weighted by molar-refractivity contribution is 0.306. The van der Waals surface area contributed by atoms with E-state index in [1.54, 1.807) is 0 Å². The van der Waals surface area contributed by atoms with Crippen LogP contribution in [0.15, 0.2) is 72.8 Å². The summed E-state index contributed by atoms with van der Waals surface area (Å²) in [6, 6.07) is 26.5. The lowest BCUT2D eigenvalue weighted by Crippen LogP contribution is -1.96. The first-order chi connectivity index (χ1) is 16.8. The predicted molar refractivity (Wildman–Crippen MR) is 148 cm³/mol. The lowest BCUT2D eigenvalue weighted by Gasteiger charge is -2.09. The van der Waals surface area contributed by atoms with E-state index < -0.39 is 0 Å². The summed E-state index contributed by atoms with van der Waals surface area (Å²) in [6.45, 7) is 5.15. The molecule has 3 rings (SSSR count). The number of hydrogen-bond acceptors (Lipinski definition) is 1. The van der Waals surface area contributed by atoms with Crippen LogP contribution in [0.5, 0.6) is 5.75 Å². The largest absolute Gasteiger partial charge is 0.489 e. The van der Waals surface area contributed by atoms with Gasteiger partial charge in [-0.1, -0.05) is 126 Å². The van der Waals surface area contributed by atoms with E-state index in [1.807, 2.05) is 0 Å². The van der Waals surface area contributed by atoms with E-state index >= 15 is 0 Å². The highest BCUT2D eigenvalue weighted by Crippen LogP contribution is 2.24. The molecule has 0 aliphatic carbocycles. The van der Waals surface area contributed by atoms with Crippen LogP contribution in [0, 0.1) is 0 Å². The molecule has 34 heavy (non-hydrogen) atoms. The van der Waals surface area contributed by atoms with E-state index in [2.05, 4.69) is 86.6 Å². The number of hydrogen-bond donors (Lipinski definition) is 0. The van der Waals surface area contributed by atoms with Crippen LogP contribution in [0.3, 0.4) is 0 Å². The summed E-state index contributed by atoms with van der Waals surface area (Å²) in [4.78, 5) is 0. The lowest BCUT2D eigenvalue weighted by atomic mass is 10.0. The minimum Gasteiger partial charge on any atom is -0.489 e.